The first-order valence-corrected chi connectivity index (χ1v) is 9.04. The number of hydrogen-bond acceptors (Lipinski definition) is 4. The van der Waals surface area contributed by atoms with Gasteiger partial charge in [-0.2, -0.15) is 0 Å². The van der Waals surface area contributed by atoms with Crippen molar-refractivity contribution in [3.8, 4) is 17.1 Å². The van der Waals surface area contributed by atoms with Crippen LogP contribution in [0.1, 0.15) is 11.3 Å². The lowest BCUT2D eigenvalue weighted by atomic mass is 9.94. The van der Waals surface area contributed by atoms with E-state index in [4.69, 9.17) is 13.6 Å². The molecule has 0 N–H and O–H groups in total. The highest BCUT2D eigenvalue weighted by Crippen LogP contribution is 2.31. The molecule has 0 saturated heterocycles. The topological polar surface area (TPSA) is 52.6 Å². The molecule has 4 aromatic rings. The Balaban J connectivity index is 1.82. The highest BCUT2D eigenvalue weighted by Gasteiger charge is 2.17. The summed E-state index contributed by atoms with van der Waals surface area (Å²) in [6.45, 7) is 4.22. The average Bonchev–Trinajstić information content (AvgIpc) is 3.23. The third kappa shape index (κ3) is 3.49. The molecular weight excluding hydrogens is 352 g/mol. The van der Waals surface area contributed by atoms with Gasteiger partial charge < -0.3 is 13.6 Å². The van der Waals surface area contributed by atoms with E-state index in [-0.39, 0.29) is 5.63 Å². The van der Waals surface area contributed by atoms with Crippen LogP contribution in [-0.4, -0.2) is 7.11 Å². The van der Waals surface area contributed by atoms with Crippen molar-refractivity contribution >= 4 is 10.8 Å². The lowest BCUT2D eigenvalue weighted by molar-refractivity contribution is 0.415. The van der Waals surface area contributed by atoms with Crippen molar-refractivity contribution in [3.63, 3.8) is 0 Å². The van der Waals surface area contributed by atoms with Crippen LogP contribution >= 0.6 is 0 Å². The smallest absolute Gasteiger partial charge is 0.344 e. The fourth-order valence-corrected chi connectivity index (χ4v) is 3.38. The van der Waals surface area contributed by atoms with Crippen LogP contribution in [0.15, 0.2) is 92.7 Å². The molecular formula is C24H20O4. The quantitative estimate of drug-likeness (QED) is 0.425. The van der Waals surface area contributed by atoms with Crippen molar-refractivity contribution in [1.82, 2.24) is 0 Å². The van der Waals surface area contributed by atoms with Crippen LogP contribution in [0.4, 0.5) is 0 Å². The molecule has 0 radical (unpaired) electrons. The van der Waals surface area contributed by atoms with E-state index in [2.05, 4.69) is 6.58 Å². The summed E-state index contributed by atoms with van der Waals surface area (Å²) >= 11 is 0. The number of allylic oxidation sites excluding steroid dienone is 1. The van der Waals surface area contributed by atoms with Crippen molar-refractivity contribution in [2.75, 3.05) is 7.11 Å². The number of hydrogen-bond donors (Lipinski definition) is 0. The number of rotatable bonds is 6. The van der Waals surface area contributed by atoms with E-state index in [1.807, 2.05) is 54.6 Å². The van der Waals surface area contributed by atoms with Crippen molar-refractivity contribution in [3.05, 3.63) is 101 Å². The lowest BCUT2D eigenvalue weighted by Crippen LogP contribution is -2.06. The Hall–Kier alpha value is -3.53. The Morgan fingerprint density at radius 1 is 0.964 bits per heavy atom. The summed E-state index contributed by atoms with van der Waals surface area (Å²) in [5.74, 6) is 2.17. The first-order valence-electron chi connectivity index (χ1n) is 9.04. The van der Waals surface area contributed by atoms with Crippen molar-refractivity contribution in [2.45, 2.75) is 12.8 Å². The largest absolute Gasteiger partial charge is 0.497 e. The SMILES string of the molecule is C=C(Cc1ccco1)Cc1c(-c2ccc(OC)cc2)oc(=O)c2ccccc12. The zero-order valence-corrected chi connectivity index (χ0v) is 15.6. The molecule has 0 aliphatic rings. The van der Waals surface area contributed by atoms with Crippen LogP contribution in [0, 0.1) is 0 Å². The van der Waals surface area contributed by atoms with E-state index in [1.54, 1.807) is 19.4 Å². The van der Waals surface area contributed by atoms with Gasteiger partial charge in [-0.25, -0.2) is 4.79 Å². The molecule has 4 nitrogen and oxygen atoms in total. The zero-order valence-electron chi connectivity index (χ0n) is 15.6. The van der Waals surface area contributed by atoms with Gasteiger partial charge >= 0.3 is 5.63 Å². The number of fused-ring (bicyclic) bond motifs is 1. The predicted octanol–water partition coefficient (Wildman–Crippen LogP) is 5.40. The van der Waals surface area contributed by atoms with E-state index in [0.717, 1.165) is 33.6 Å². The molecule has 0 saturated carbocycles. The average molecular weight is 372 g/mol. The minimum absolute atomic E-state index is 0.346. The summed E-state index contributed by atoms with van der Waals surface area (Å²) in [5.41, 5.74) is 2.40. The van der Waals surface area contributed by atoms with E-state index < -0.39 is 0 Å². The molecule has 0 aliphatic heterocycles. The van der Waals surface area contributed by atoms with Crippen molar-refractivity contribution in [2.24, 2.45) is 0 Å². The van der Waals surface area contributed by atoms with E-state index in [1.165, 1.54) is 0 Å². The fourth-order valence-electron chi connectivity index (χ4n) is 3.38. The fraction of sp³-hybridized carbons (Fsp3) is 0.125. The second-order valence-electron chi connectivity index (χ2n) is 6.65. The van der Waals surface area contributed by atoms with Gasteiger partial charge in [-0.15, -0.1) is 0 Å². The van der Waals surface area contributed by atoms with E-state index >= 15 is 0 Å². The number of furan rings is 1. The van der Waals surface area contributed by atoms with Crippen LogP contribution in [0.3, 0.4) is 0 Å². The van der Waals surface area contributed by atoms with Crippen molar-refractivity contribution in [1.29, 1.82) is 0 Å². The molecule has 140 valence electrons. The maximum atomic E-state index is 12.6. The molecule has 0 atom stereocenters. The summed E-state index contributed by atoms with van der Waals surface area (Å²) in [6.07, 6.45) is 2.86. The maximum absolute atomic E-state index is 12.6. The molecule has 0 amide bonds. The minimum Gasteiger partial charge on any atom is -0.497 e. The third-order valence-electron chi connectivity index (χ3n) is 4.72. The third-order valence-corrected chi connectivity index (χ3v) is 4.72. The first-order chi connectivity index (χ1) is 13.7. The Kier molecular flexibility index (Phi) is 4.85. The first kappa shape index (κ1) is 17.9. The summed E-state index contributed by atoms with van der Waals surface area (Å²) < 4.78 is 16.4. The molecule has 0 spiro atoms. The molecule has 0 fully saturated rings. The van der Waals surface area contributed by atoms with Crippen LogP contribution < -0.4 is 10.4 Å². The van der Waals surface area contributed by atoms with Crippen LogP contribution in [-0.2, 0) is 12.8 Å². The minimum atomic E-state index is -0.346. The molecule has 28 heavy (non-hydrogen) atoms. The molecule has 0 aliphatic carbocycles. The van der Waals surface area contributed by atoms with E-state index in [9.17, 15) is 4.79 Å². The van der Waals surface area contributed by atoms with Crippen molar-refractivity contribution < 1.29 is 13.6 Å². The van der Waals surface area contributed by atoms with Crippen LogP contribution in [0.5, 0.6) is 5.75 Å². The zero-order chi connectivity index (χ0) is 19.5. The Bertz CT molecular complexity index is 1170. The van der Waals surface area contributed by atoms with Gasteiger partial charge in [0.1, 0.15) is 17.3 Å². The van der Waals surface area contributed by atoms with Gasteiger partial charge in [0.05, 0.1) is 18.8 Å². The van der Waals surface area contributed by atoms with Gasteiger partial charge in [-0.05, 0) is 54.3 Å². The number of ether oxygens (including phenoxy) is 1. The molecule has 2 aromatic carbocycles. The second-order valence-corrected chi connectivity index (χ2v) is 6.65. The molecule has 0 unspecified atom stereocenters. The highest BCUT2D eigenvalue weighted by atomic mass is 16.5. The van der Waals surface area contributed by atoms with Crippen LogP contribution in [0.25, 0.3) is 22.1 Å². The van der Waals surface area contributed by atoms with Gasteiger partial charge in [-0.3, -0.25) is 0 Å². The molecule has 4 heteroatoms. The van der Waals surface area contributed by atoms with E-state index in [0.29, 0.717) is 24.0 Å². The molecule has 0 bridgehead atoms. The molecule has 4 rings (SSSR count). The number of benzene rings is 2. The maximum Gasteiger partial charge on any atom is 0.344 e. The highest BCUT2D eigenvalue weighted by molar-refractivity contribution is 5.89. The van der Waals surface area contributed by atoms with Gasteiger partial charge in [0.2, 0.25) is 0 Å². The predicted molar refractivity (Wildman–Crippen MR) is 110 cm³/mol. The summed E-state index contributed by atoms with van der Waals surface area (Å²) in [6, 6.07) is 18.8. The summed E-state index contributed by atoms with van der Waals surface area (Å²) in [5, 5.41) is 1.45. The van der Waals surface area contributed by atoms with Gasteiger partial charge in [-0.1, -0.05) is 30.4 Å². The lowest BCUT2D eigenvalue weighted by Gasteiger charge is -2.13. The summed E-state index contributed by atoms with van der Waals surface area (Å²) in [7, 11) is 1.62. The molecule has 2 aromatic heterocycles. The van der Waals surface area contributed by atoms with Gasteiger partial charge in [0.25, 0.3) is 0 Å². The molecule has 2 heterocycles. The van der Waals surface area contributed by atoms with Gasteiger partial charge in [0.15, 0.2) is 0 Å². The normalized spacial score (nSPS) is 10.9. The van der Waals surface area contributed by atoms with Gasteiger partial charge in [0, 0.05) is 17.5 Å². The Morgan fingerprint density at radius 3 is 2.39 bits per heavy atom. The number of methoxy groups -OCH3 is 1. The Labute approximate surface area is 162 Å². The van der Waals surface area contributed by atoms with Crippen LogP contribution in [0.2, 0.25) is 0 Å². The standard InChI is InChI=1S/C24H20O4/c1-16(14-19-6-5-13-27-19)15-22-20-7-3-4-8-21(20)24(25)28-23(22)17-9-11-18(26-2)12-10-17/h3-13H,1,14-15H2,2H3. The monoisotopic (exact) mass is 372 g/mol. The Morgan fingerprint density at radius 2 is 1.71 bits per heavy atom. The summed E-state index contributed by atoms with van der Waals surface area (Å²) in [4.78, 5) is 12.6. The second kappa shape index (κ2) is 7.61.